The maximum atomic E-state index is 10.3. The minimum Gasteiger partial charge on any atom is -0.319 e. The van der Waals surface area contributed by atoms with Gasteiger partial charge in [0, 0.05) is 12.4 Å². The molecule has 13 heavy (non-hydrogen) atoms. The lowest BCUT2D eigenvalue weighted by Gasteiger charge is -2.36. The van der Waals surface area contributed by atoms with E-state index in [4.69, 9.17) is 5.73 Å². The predicted octanol–water partition coefficient (Wildman–Crippen LogP) is 0.627. The van der Waals surface area contributed by atoms with Crippen LogP contribution in [0, 0.1) is 0 Å². The molecule has 0 aromatic carbocycles. The summed E-state index contributed by atoms with van der Waals surface area (Å²) in [5.41, 5.74) is 6.16. The summed E-state index contributed by atoms with van der Waals surface area (Å²) in [6, 6.07) is 0. The van der Waals surface area contributed by atoms with Crippen LogP contribution < -0.4 is 5.73 Å². The molecule has 0 unspecified atom stereocenters. The number of nitrogens with two attached hydrogens (primary N) is 1. The van der Waals surface area contributed by atoms with E-state index < -0.39 is 0 Å². The molecule has 1 aliphatic carbocycles. The number of aldehydes is 1. The van der Waals surface area contributed by atoms with E-state index in [9.17, 15) is 4.79 Å². The maximum absolute atomic E-state index is 10.3. The third-order valence-electron chi connectivity index (χ3n) is 2.50. The lowest BCUT2D eigenvalue weighted by Crippen LogP contribution is -2.44. The Bertz CT molecular complexity index is 316. The second kappa shape index (κ2) is 2.88. The highest BCUT2D eigenvalue weighted by Gasteiger charge is 2.36. The van der Waals surface area contributed by atoms with E-state index >= 15 is 0 Å². The summed E-state index contributed by atoms with van der Waals surface area (Å²) in [4.78, 5) is 18.5. The van der Waals surface area contributed by atoms with E-state index in [1.165, 1.54) is 12.4 Å². The van der Waals surface area contributed by atoms with Crippen molar-refractivity contribution in [3.05, 3.63) is 23.8 Å². The van der Waals surface area contributed by atoms with Gasteiger partial charge in [-0.1, -0.05) is 0 Å². The maximum Gasteiger partial charge on any atom is 0.153 e. The first-order chi connectivity index (χ1) is 6.24. The average molecular weight is 177 g/mol. The van der Waals surface area contributed by atoms with E-state index in [0.717, 1.165) is 25.5 Å². The second-order valence-corrected chi connectivity index (χ2v) is 3.47. The highest BCUT2D eigenvalue weighted by molar-refractivity contribution is 5.73. The Kier molecular flexibility index (Phi) is 1.84. The lowest BCUT2D eigenvalue weighted by molar-refractivity contribution is 0.112. The Labute approximate surface area is 76.2 Å². The van der Waals surface area contributed by atoms with Gasteiger partial charge in [-0.2, -0.15) is 0 Å². The molecule has 1 saturated carbocycles. The van der Waals surface area contributed by atoms with Crippen LogP contribution in [-0.2, 0) is 5.54 Å². The number of hydrogen-bond acceptors (Lipinski definition) is 4. The van der Waals surface area contributed by atoms with Crippen LogP contribution in [-0.4, -0.2) is 16.3 Å². The fourth-order valence-electron chi connectivity index (χ4n) is 1.44. The summed E-state index contributed by atoms with van der Waals surface area (Å²) in [6.45, 7) is 0. The molecule has 4 nitrogen and oxygen atoms in total. The Hall–Kier alpha value is -1.29. The number of nitrogens with zero attached hydrogens (tertiary/aromatic N) is 2. The molecule has 1 aromatic rings. The van der Waals surface area contributed by atoms with Gasteiger partial charge < -0.3 is 5.73 Å². The number of rotatable bonds is 2. The van der Waals surface area contributed by atoms with Gasteiger partial charge in [0.1, 0.15) is 5.82 Å². The highest BCUT2D eigenvalue weighted by Crippen LogP contribution is 2.36. The van der Waals surface area contributed by atoms with Gasteiger partial charge in [0.05, 0.1) is 11.1 Å². The van der Waals surface area contributed by atoms with Crippen molar-refractivity contribution in [2.75, 3.05) is 0 Å². The van der Waals surface area contributed by atoms with Gasteiger partial charge in [-0.3, -0.25) is 4.79 Å². The second-order valence-electron chi connectivity index (χ2n) is 3.47. The molecule has 1 aromatic heterocycles. The van der Waals surface area contributed by atoms with Gasteiger partial charge in [0.25, 0.3) is 0 Å². The van der Waals surface area contributed by atoms with E-state index in [2.05, 4.69) is 9.97 Å². The molecule has 1 heterocycles. The average Bonchev–Trinajstić information content (AvgIpc) is 2.14. The molecule has 2 rings (SSSR count). The van der Waals surface area contributed by atoms with Crippen molar-refractivity contribution < 1.29 is 4.79 Å². The first-order valence-corrected chi connectivity index (χ1v) is 4.31. The molecule has 68 valence electrons. The van der Waals surface area contributed by atoms with Gasteiger partial charge >= 0.3 is 0 Å². The van der Waals surface area contributed by atoms with Crippen LogP contribution in [0.3, 0.4) is 0 Å². The minimum absolute atomic E-state index is 0.332. The summed E-state index contributed by atoms with van der Waals surface area (Å²) in [5, 5.41) is 0. The topological polar surface area (TPSA) is 68.9 Å². The van der Waals surface area contributed by atoms with Crippen LogP contribution in [0.4, 0.5) is 0 Å². The summed E-state index contributed by atoms with van der Waals surface area (Å²) >= 11 is 0. The summed E-state index contributed by atoms with van der Waals surface area (Å²) in [5.74, 6) is 0.657. The standard InChI is InChI=1S/C9H11N3O/c10-9(2-1-3-9)8-11-4-7(6-13)5-12-8/h4-6H,1-3,10H2. The quantitative estimate of drug-likeness (QED) is 0.672. The number of hydrogen-bond donors (Lipinski definition) is 1. The van der Waals surface area contributed by atoms with Crippen molar-refractivity contribution in [3.8, 4) is 0 Å². The van der Waals surface area contributed by atoms with Crippen molar-refractivity contribution in [1.82, 2.24) is 9.97 Å². The lowest BCUT2D eigenvalue weighted by atomic mass is 9.77. The first kappa shape index (κ1) is 8.31. The van der Waals surface area contributed by atoms with Crippen LogP contribution in [0.1, 0.15) is 35.4 Å². The van der Waals surface area contributed by atoms with Crippen molar-refractivity contribution in [2.24, 2.45) is 5.73 Å². The van der Waals surface area contributed by atoms with Crippen molar-refractivity contribution in [3.63, 3.8) is 0 Å². The molecule has 1 fully saturated rings. The molecule has 0 saturated heterocycles. The molecule has 2 N–H and O–H groups in total. The first-order valence-electron chi connectivity index (χ1n) is 4.31. The zero-order chi connectivity index (χ0) is 9.31. The zero-order valence-corrected chi connectivity index (χ0v) is 7.23. The third-order valence-corrected chi connectivity index (χ3v) is 2.50. The molecule has 0 bridgehead atoms. The summed E-state index contributed by atoms with van der Waals surface area (Å²) in [6.07, 6.45) is 6.77. The summed E-state index contributed by atoms with van der Waals surface area (Å²) < 4.78 is 0. The molecule has 4 heteroatoms. The van der Waals surface area contributed by atoms with Crippen LogP contribution >= 0.6 is 0 Å². The monoisotopic (exact) mass is 177 g/mol. The Morgan fingerprint density at radius 2 is 2.00 bits per heavy atom. The third kappa shape index (κ3) is 1.33. The van der Waals surface area contributed by atoms with E-state index in [0.29, 0.717) is 11.4 Å². The largest absolute Gasteiger partial charge is 0.319 e. The zero-order valence-electron chi connectivity index (χ0n) is 7.23. The molecular formula is C9H11N3O. The van der Waals surface area contributed by atoms with Crippen molar-refractivity contribution in [2.45, 2.75) is 24.8 Å². The van der Waals surface area contributed by atoms with Gasteiger partial charge in [-0.15, -0.1) is 0 Å². The molecule has 0 amide bonds. The Morgan fingerprint density at radius 3 is 2.38 bits per heavy atom. The molecule has 0 aliphatic heterocycles. The number of carbonyl (C=O) groups is 1. The highest BCUT2D eigenvalue weighted by atomic mass is 16.1. The summed E-state index contributed by atoms with van der Waals surface area (Å²) in [7, 11) is 0. The fourth-order valence-corrected chi connectivity index (χ4v) is 1.44. The molecule has 0 spiro atoms. The van der Waals surface area contributed by atoms with Gasteiger partial charge in [-0.25, -0.2) is 9.97 Å². The predicted molar refractivity (Wildman–Crippen MR) is 47.1 cm³/mol. The van der Waals surface area contributed by atoms with Crippen LogP contribution in [0.5, 0.6) is 0 Å². The van der Waals surface area contributed by atoms with Crippen LogP contribution in [0.25, 0.3) is 0 Å². The van der Waals surface area contributed by atoms with Crippen molar-refractivity contribution in [1.29, 1.82) is 0 Å². The minimum atomic E-state index is -0.332. The van der Waals surface area contributed by atoms with Crippen LogP contribution in [0.2, 0.25) is 0 Å². The number of aromatic nitrogens is 2. The van der Waals surface area contributed by atoms with Gasteiger partial charge in [-0.05, 0) is 19.3 Å². The Morgan fingerprint density at radius 1 is 1.38 bits per heavy atom. The van der Waals surface area contributed by atoms with Crippen molar-refractivity contribution >= 4 is 6.29 Å². The fraction of sp³-hybridized carbons (Fsp3) is 0.444. The van der Waals surface area contributed by atoms with E-state index in [1.807, 2.05) is 0 Å². The SMILES string of the molecule is NC1(c2ncc(C=O)cn2)CCC1. The van der Waals surface area contributed by atoms with Gasteiger partial charge in [0.2, 0.25) is 0 Å². The number of carbonyl (C=O) groups excluding carboxylic acids is 1. The van der Waals surface area contributed by atoms with Crippen LogP contribution in [0.15, 0.2) is 12.4 Å². The van der Waals surface area contributed by atoms with E-state index in [-0.39, 0.29) is 5.54 Å². The molecule has 0 radical (unpaired) electrons. The normalized spacial score (nSPS) is 19.2. The smallest absolute Gasteiger partial charge is 0.153 e. The molecule has 0 atom stereocenters. The molecule has 1 aliphatic rings. The molecular weight excluding hydrogens is 166 g/mol. The Balaban J connectivity index is 2.27. The van der Waals surface area contributed by atoms with E-state index in [1.54, 1.807) is 0 Å². The van der Waals surface area contributed by atoms with Gasteiger partial charge in [0.15, 0.2) is 6.29 Å².